The van der Waals surface area contributed by atoms with E-state index in [9.17, 15) is 65.1 Å². The Bertz CT molecular complexity index is 4850. The lowest BCUT2D eigenvalue weighted by Gasteiger charge is -2.47. The van der Waals surface area contributed by atoms with Gasteiger partial charge >= 0.3 is 12.0 Å². The first-order valence-electron chi connectivity index (χ1n) is 38.8. The summed E-state index contributed by atoms with van der Waals surface area (Å²) >= 11 is 14.4. The van der Waals surface area contributed by atoms with E-state index < -0.39 is 250 Å². The van der Waals surface area contributed by atoms with Crippen LogP contribution in [-0.2, 0) is 52.6 Å². The lowest BCUT2D eigenvalue weighted by Crippen LogP contribution is -2.65. The van der Waals surface area contributed by atoms with Gasteiger partial charge in [0.1, 0.15) is 90.6 Å². The predicted octanol–water partition coefficient (Wildman–Crippen LogP) is 4.55. The summed E-state index contributed by atoms with van der Waals surface area (Å²) in [5.41, 5.74) is 8.83. The Morgan fingerprint density at radius 2 is 1.34 bits per heavy atom. The number of benzene rings is 6. The summed E-state index contributed by atoms with van der Waals surface area (Å²) in [6.07, 6.45) is -20.1. The number of aliphatic hydroxyl groups is 5. The number of fused-ring (bicyclic) bond motifs is 15. The average molecular weight is 1710 g/mol. The molecule has 7 aliphatic heterocycles. The molecule has 0 radical (unpaired) electrons. The molecule has 11 bridgehead atoms. The summed E-state index contributed by atoms with van der Waals surface area (Å²) < 4.78 is 51.0. The van der Waals surface area contributed by atoms with E-state index in [4.69, 9.17) is 72.6 Å². The SMILES string of the molecule is CC[C@H](CC(C)C)C(=O)N[C@H]1C(=O)C[C@@H](CC(=O)NC(=O)Nc2ccc(OCCNC)c(OCCNC)c2)C(=O)N[C@H]2C(=O)C[C@H]3C(=O)N[C@H](C(=O)N[C@H](C(=O)O)c4cc(O)cc(O)c4-c4cc3ccc4O)[C@H](O)c3ccc(c(Cl)c3)Oc3cc2cc(c3O[C@@H]2O[C@H](CN)[C@@H](O)[C@H](O)[C@H]2O[C@H]2C[C@](C)(N)[C@H](O)[C@H](C)O2)Oc2ccc(cc2Cl)[C@H]1O. The van der Waals surface area contributed by atoms with Crippen LogP contribution < -0.4 is 77.7 Å². The standard InChI is InChI=1S/C82H98Cl2N10O26/c1-8-37(21-35(2)3)75(106)93-66-52(98)25-42(28-61(100)90-81(112)89-43-12-16-56(113-19-17-87-6)57(29-43)114-20-18-88-7)76(107)91-64-41-26-58(116-54-14-10-39(68(66)101)23-48(54)83)72(120-80-73(71(104)70(103)60(34-85)118-80)119-62-33-82(5,86)74(105)36(4)115-62)59(27-41)117-55-15-11-40(24-49(55)84)69(102)67-78(109)92-65(79(110)111)47-30-44(95)31-51(97)63(47)46-22-38(9-13-50(46)96)45(32-53(64)99)77(108)94-67/h9-16,22-24,26-27,29-31,35-37,42,45,60,62,64-71,73-74,80,87-88,95-97,101-105H,8,17-21,25,28,32-34,85-86H2,1-7H3,(H,91,107)(H,92,109)(H,93,106)(H,94,108)(H,110,111)(H2,89,90,100,112)/t36-,37+,42-,45+,60+,62-,64+,65-,66-,67-,68+,69+,70+,71-,73+,74+,80-,82-/m0/s1. The summed E-state index contributed by atoms with van der Waals surface area (Å²) in [5.74, 6) is -19.4. The van der Waals surface area contributed by atoms with Crippen LogP contribution in [0.4, 0.5) is 10.5 Å². The minimum atomic E-state index is -2.29. The highest BCUT2D eigenvalue weighted by atomic mass is 35.5. The van der Waals surface area contributed by atoms with Gasteiger partial charge in [-0.3, -0.25) is 38.9 Å². The number of rotatable bonds is 22. The van der Waals surface area contributed by atoms with Gasteiger partial charge in [-0.25, -0.2) is 9.59 Å². The van der Waals surface area contributed by atoms with Gasteiger partial charge in [0.15, 0.2) is 53.0 Å². The van der Waals surface area contributed by atoms with Crippen molar-refractivity contribution in [2.75, 3.05) is 52.3 Å². The minimum Gasteiger partial charge on any atom is -0.508 e. The molecule has 13 rings (SSSR count). The molecular formula is C82H98Cl2N10O26. The topological polar surface area (TPSA) is 558 Å². The predicted molar refractivity (Wildman–Crippen MR) is 428 cm³/mol. The first kappa shape index (κ1) is 90.2. The highest BCUT2D eigenvalue weighted by Gasteiger charge is 2.52. The summed E-state index contributed by atoms with van der Waals surface area (Å²) in [7, 11) is 3.44. The number of carbonyl (C=O) groups excluding carboxylic acids is 8. The molecule has 0 aliphatic carbocycles. The zero-order valence-electron chi connectivity index (χ0n) is 66.3. The monoisotopic (exact) mass is 1710 g/mol. The Morgan fingerprint density at radius 3 is 1.95 bits per heavy atom. The molecule has 6 aromatic rings. The number of aliphatic carboxylic acids is 1. The number of hydrogen-bond acceptors (Lipinski definition) is 29. The smallest absolute Gasteiger partial charge is 0.330 e. The minimum absolute atomic E-state index is 0.0690. The fourth-order valence-corrected chi connectivity index (χ4v) is 15.4. The van der Waals surface area contributed by atoms with E-state index in [-0.39, 0.29) is 76.6 Å². The van der Waals surface area contributed by atoms with E-state index in [1.807, 2.05) is 13.8 Å². The van der Waals surface area contributed by atoms with Crippen molar-refractivity contribution in [3.05, 3.63) is 135 Å². The summed E-state index contributed by atoms with van der Waals surface area (Å²) in [6, 6.07) is 8.49. The van der Waals surface area contributed by atoms with Gasteiger partial charge in [0.2, 0.25) is 41.6 Å². The van der Waals surface area contributed by atoms with Crippen molar-refractivity contribution in [2.45, 2.75) is 170 Å². The Labute approximate surface area is 698 Å². The second-order valence-corrected chi connectivity index (χ2v) is 31.5. The van der Waals surface area contributed by atoms with Crippen LogP contribution in [0, 0.1) is 17.8 Å². The number of carboxylic acid groups (broad SMARTS) is 1. The highest BCUT2D eigenvalue weighted by molar-refractivity contribution is 6.32. The molecule has 6 aromatic carbocycles. The van der Waals surface area contributed by atoms with Gasteiger partial charge < -0.3 is 133 Å². The molecule has 7 aliphatic rings. The van der Waals surface area contributed by atoms with Crippen LogP contribution in [0.25, 0.3) is 11.1 Å². The van der Waals surface area contributed by atoms with Crippen molar-refractivity contribution in [3.8, 4) is 68.6 Å². The molecule has 7 amide bonds. The fourth-order valence-electron chi connectivity index (χ4n) is 14.9. The second kappa shape index (κ2) is 38.9. The number of nitrogens with two attached hydrogens (primary N) is 2. The number of aliphatic hydroxyl groups excluding tert-OH is 5. The van der Waals surface area contributed by atoms with Crippen molar-refractivity contribution in [2.24, 2.45) is 29.2 Å². The number of carboxylic acids is 1. The lowest BCUT2D eigenvalue weighted by atomic mass is 9.84. The van der Waals surface area contributed by atoms with Gasteiger partial charge in [0.25, 0.3) is 0 Å². The average Bonchev–Trinajstić information content (AvgIpc) is 0.772. The van der Waals surface area contributed by atoms with Gasteiger partial charge in [0.05, 0.1) is 34.1 Å². The number of Topliss-reactive ketones (excluding diaryl/α,β-unsaturated/α-hetero) is 2. The maximum atomic E-state index is 16.6. The Balaban J connectivity index is 1.14. The van der Waals surface area contributed by atoms with Crippen LogP contribution in [0.1, 0.15) is 131 Å². The molecular weight excluding hydrogens is 1610 g/mol. The second-order valence-electron chi connectivity index (χ2n) is 30.7. The summed E-state index contributed by atoms with van der Waals surface area (Å²) in [4.78, 5) is 136. The molecule has 38 heteroatoms. The molecule has 18 atom stereocenters. The van der Waals surface area contributed by atoms with Gasteiger partial charge in [-0.1, -0.05) is 62.2 Å². The van der Waals surface area contributed by atoms with Crippen LogP contribution in [0.3, 0.4) is 0 Å². The number of aromatic hydroxyl groups is 3. The number of hydrogen-bond donors (Lipinski definition) is 19. The van der Waals surface area contributed by atoms with E-state index in [1.165, 1.54) is 56.3 Å². The molecule has 0 unspecified atom stereocenters. The highest BCUT2D eigenvalue weighted by Crippen LogP contribution is 2.51. The molecule has 0 spiro atoms. The van der Waals surface area contributed by atoms with E-state index >= 15 is 24.0 Å². The maximum Gasteiger partial charge on any atom is 0.330 e. The van der Waals surface area contributed by atoms with Gasteiger partial charge in [-0.2, -0.15) is 0 Å². The Kier molecular flexibility index (Phi) is 29.2. The molecule has 7 heterocycles. The number of urea groups is 1. The van der Waals surface area contributed by atoms with Crippen molar-refractivity contribution in [1.29, 1.82) is 0 Å². The number of ketones is 2. The summed E-state index contributed by atoms with van der Waals surface area (Å²) in [6.45, 7) is 9.23. The van der Waals surface area contributed by atoms with Crippen LogP contribution in [0.5, 0.6) is 57.5 Å². The molecule has 120 heavy (non-hydrogen) atoms. The number of carbonyl (C=O) groups is 9. The largest absolute Gasteiger partial charge is 0.508 e. The van der Waals surface area contributed by atoms with Gasteiger partial charge in [-0.05, 0) is 136 Å². The fraction of sp³-hybridized carbons (Fsp3) is 0.451. The van der Waals surface area contributed by atoms with Gasteiger partial charge in [0, 0.05) is 91.3 Å². The lowest BCUT2D eigenvalue weighted by molar-refractivity contribution is -0.330. The van der Waals surface area contributed by atoms with Crippen LogP contribution >= 0.6 is 23.2 Å². The third-order valence-electron chi connectivity index (χ3n) is 21.3. The molecule has 0 aromatic heterocycles. The number of ether oxygens (including phenoxy) is 8. The third-order valence-corrected chi connectivity index (χ3v) is 21.9. The van der Waals surface area contributed by atoms with E-state index in [2.05, 4.69) is 42.5 Å². The molecule has 2 saturated heterocycles. The van der Waals surface area contributed by atoms with Crippen molar-refractivity contribution < 1.29 is 127 Å². The first-order valence-corrected chi connectivity index (χ1v) is 39.6. The maximum absolute atomic E-state index is 16.6. The Hall–Kier alpha value is -10.6. The van der Waals surface area contributed by atoms with E-state index in [0.29, 0.717) is 25.3 Å². The van der Waals surface area contributed by atoms with Crippen molar-refractivity contribution in [3.63, 3.8) is 0 Å². The van der Waals surface area contributed by atoms with Crippen LogP contribution in [0.2, 0.25) is 10.0 Å². The third kappa shape index (κ3) is 20.7. The number of phenols is 3. The normalized spacial score (nSPS) is 26.6. The molecule has 646 valence electrons. The molecule has 2 fully saturated rings. The molecule has 0 saturated carbocycles. The zero-order chi connectivity index (χ0) is 87.0. The van der Waals surface area contributed by atoms with Crippen LogP contribution in [0.15, 0.2) is 97.1 Å². The van der Waals surface area contributed by atoms with E-state index in [1.54, 1.807) is 21.0 Å². The van der Waals surface area contributed by atoms with Crippen molar-refractivity contribution >= 4 is 82.0 Å². The zero-order valence-corrected chi connectivity index (χ0v) is 67.8. The number of halogens is 2. The number of likely N-dealkylation sites (N-methyl/N-ethyl adjacent to an activating group) is 2. The number of phenolic OH excluding ortho intramolecular Hbond substituents is 3. The van der Waals surface area contributed by atoms with Crippen molar-refractivity contribution in [1.82, 2.24) is 37.2 Å². The Morgan fingerprint density at radius 1 is 0.700 bits per heavy atom. The first-order chi connectivity index (χ1) is 57.0. The number of anilines is 1. The number of imide groups is 1. The quantitative estimate of drug-likeness (QED) is 0.0415. The van der Waals surface area contributed by atoms with Gasteiger partial charge in [-0.15, -0.1) is 0 Å². The summed E-state index contributed by atoms with van der Waals surface area (Å²) in [5, 5.41) is 125. The van der Waals surface area contributed by atoms with E-state index in [0.717, 1.165) is 54.6 Å². The number of nitrogens with one attached hydrogen (secondary N) is 8. The number of amides is 7. The molecule has 21 N–H and O–H groups in total. The van der Waals surface area contributed by atoms with Crippen LogP contribution in [-0.4, -0.2) is 213 Å². The molecule has 36 nitrogen and oxygen atoms in total.